The second-order valence-corrected chi connectivity index (χ2v) is 8.67. The third kappa shape index (κ3) is 6.39. The fourth-order valence-corrected chi connectivity index (χ4v) is 4.22. The maximum absolute atomic E-state index is 12.2. The Morgan fingerprint density at radius 2 is 1.86 bits per heavy atom. The summed E-state index contributed by atoms with van der Waals surface area (Å²) in [7, 11) is 0. The van der Waals surface area contributed by atoms with E-state index in [2.05, 4.69) is 53.3 Å². The highest BCUT2D eigenvalue weighted by Gasteiger charge is 2.14. The highest BCUT2D eigenvalue weighted by Crippen LogP contribution is 2.25. The molecule has 150 valence electrons. The molecule has 5 nitrogen and oxygen atoms in total. The Kier molecular flexibility index (Phi) is 7.80. The van der Waals surface area contributed by atoms with Crippen molar-refractivity contribution < 1.29 is 4.79 Å². The van der Waals surface area contributed by atoms with Crippen LogP contribution in [0.1, 0.15) is 11.4 Å². The van der Waals surface area contributed by atoms with Crippen LogP contribution in [0.2, 0.25) is 5.02 Å². The van der Waals surface area contributed by atoms with E-state index in [0.29, 0.717) is 28.2 Å². The molecule has 3 rings (SSSR count). The number of nitrogens with one attached hydrogen (secondary N) is 1. The summed E-state index contributed by atoms with van der Waals surface area (Å²) in [4.78, 5) is 13.4. The first-order valence-corrected chi connectivity index (χ1v) is 11.3. The number of allylic oxidation sites excluding steroid dienone is 1. The van der Waals surface area contributed by atoms with Crippen LogP contribution in [-0.4, -0.2) is 26.4 Å². The SMILES string of the molecule is C=CCn1c(CSc2ccc(C)cc2)nnc1SCC(=O)Nc1ccc(Cl)cc1. The predicted molar refractivity (Wildman–Crippen MR) is 122 cm³/mol. The Labute approximate surface area is 183 Å². The van der Waals surface area contributed by atoms with Crippen molar-refractivity contribution in [2.75, 3.05) is 11.1 Å². The summed E-state index contributed by atoms with van der Waals surface area (Å²) in [6.45, 7) is 6.49. The number of rotatable bonds is 9. The molecule has 0 aliphatic rings. The molecule has 0 aliphatic carbocycles. The van der Waals surface area contributed by atoms with Gasteiger partial charge < -0.3 is 9.88 Å². The number of aromatic nitrogens is 3. The molecule has 0 unspecified atom stereocenters. The number of aryl methyl sites for hydroxylation is 1. The van der Waals surface area contributed by atoms with Gasteiger partial charge in [0, 0.05) is 22.2 Å². The molecule has 1 amide bonds. The number of halogens is 1. The van der Waals surface area contributed by atoms with E-state index >= 15 is 0 Å². The molecule has 0 atom stereocenters. The van der Waals surface area contributed by atoms with Gasteiger partial charge in [0.25, 0.3) is 0 Å². The zero-order chi connectivity index (χ0) is 20.6. The van der Waals surface area contributed by atoms with Crippen LogP contribution in [0.25, 0.3) is 0 Å². The number of thioether (sulfide) groups is 2. The van der Waals surface area contributed by atoms with E-state index in [1.165, 1.54) is 22.2 Å². The second-order valence-electron chi connectivity index (χ2n) is 6.24. The summed E-state index contributed by atoms with van der Waals surface area (Å²) in [6, 6.07) is 15.4. The Balaban J connectivity index is 1.59. The molecule has 0 aliphatic heterocycles. The Morgan fingerprint density at radius 3 is 2.55 bits per heavy atom. The van der Waals surface area contributed by atoms with Gasteiger partial charge in [-0.25, -0.2) is 0 Å². The average Bonchev–Trinajstić information content (AvgIpc) is 3.10. The number of hydrogen-bond donors (Lipinski definition) is 1. The quantitative estimate of drug-likeness (QED) is 0.351. The van der Waals surface area contributed by atoms with Crippen molar-refractivity contribution in [3.8, 4) is 0 Å². The van der Waals surface area contributed by atoms with Crippen molar-refractivity contribution in [2.45, 2.75) is 29.3 Å². The molecule has 1 heterocycles. The van der Waals surface area contributed by atoms with Crippen molar-refractivity contribution >= 4 is 46.7 Å². The van der Waals surface area contributed by atoms with Gasteiger partial charge in [-0.3, -0.25) is 4.79 Å². The van der Waals surface area contributed by atoms with Crippen LogP contribution in [0.4, 0.5) is 5.69 Å². The van der Waals surface area contributed by atoms with Gasteiger partial charge in [0.05, 0.1) is 11.5 Å². The minimum Gasteiger partial charge on any atom is -0.325 e. The van der Waals surface area contributed by atoms with Crippen molar-refractivity contribution in [3.05, 3.63) is 77.6 Å². The third-order valence-electron chi connectivity index (χ3n) is 3.95. The van der Waals surface area contributed by atoms with E-state index in [-0.39, 0.29) is 11.7 Å². The molecule has 29 heavy (non-hydrogen) atoms. The highest BCUT2D eigenvalue weighted by atomic mass is 35.5. The number of benzene rings is 2. The first-order chi connectivity index (χ1) is 14.0. The van der Waals surface area contributed by atoms with Gasteiger partial charge in [0.2, 0.25) is 5.91 Å². The molecular weight excluding hydrogens is 424 g/mol. The van der Waals surface area contributed by atoms with Crippen LogP contribution < -0.4 is 5.32 Å². The van der Waals surface area contributed by atoms with Gasteiger partial charge in [0.15, 0.2) is 5.16 Å². The number of hydrogen-bond acceptors (Lipinski definition) is 5. The Hall–Kier alpha value is -2.22. The lowest BCUT2D eigenvalue weighted by Crippen LogP contribution is -2.14. The average molecular weight is 445 g/mol. The summed E-state index contributed by atoms with van der Waals surface area (Å²) in [5.74, 6) is 1.68. The lowest BCUT2D eigenvalue weighted by Gasteiger charge is -2.08. The van der Waals surface area contributed by atoms with Crippen LogP contribution >= 0.6 is 35.1 Å². The minimum absolute atomic E-state index is 0.110. The summed E-state index contributed by atoms with van der Waals surface area (Å²) in [6.07, 6.45) is 1.81. The van der Waals surface area contributed by atoms with E-state index in [4.69, 9.17) is 11.6 Å². The van der Waals surface area contributed by atoms with Crippen LogP contribution in [0.5, 0.6) is 0 Å². The molecule has 0 saturated carbocycles. The maximum atomic E-state index is 12.2. The second kappa shape index (κ2) is 10.5. The zero-order valence-electron chi connectivity index (χ0n) is 16.0. The first kappa shape index (κ1) is 21.5. The normalized spacial score (nSPS) is 10.7. The highest BCUT2D eigenvalue weighted by molar-refractivity contribution is 7.99. The summed E-state index contributed by atoms with van der Waals surface area (Å²) in [5.41, 5.74) is 1.95. The van der Waals surface area contributed by atoms with Gasteiger partial charge in [-0.1, -0.05) is 47.1 Å². The van der Waals surface area contributed by atoms with Crippen molar-refractivity contribution in [3.63, 3.8) is 0 Å². The van der Waals surface area contributed by atoms with E-state index in [0.717, 1.165) is 5.82 Å². The van der Waals surface area contributed by atoms with Crippen LogP contribution in [0, 0.1) is 6.92 Å². The summed E-state index contributed by atoms with van der Waals surface area (Å²) < 4.78 is 1.99. The number of carbonyl (C=O) groups excluding carboxylic acids is 1. The number of nitrogens with zero attached hydrogens (tertiary/aromatic N) is 3. The molecule has 8 heteroatoms. The topological polar surface area (TPSA) is 59.8 Å². The molecule has 0 bridgehead atoms. The van der Waals surface area contributed by atoms with E-state index in [9.17, 15) is 4.79 Å². The maximum Gasteiger partial charge on any atom is 0.234 e. The standard InChI is InChI=1S/C21H21ClN4OS2/c1-3-12-26-19(13-28-18-10-4-15(2)5-11-18)24-25-21(26)29-14-20(27)23-17-8-6-16(22)7-9-17/h3-11H,1,12-14H2,2H3,(H,23,27). The van der Waals surface area contributed by atoms with E-state index in [1.54, 1.807) is 42.1 Å². The van der Waals surface area contributed by atoms with E-state index < -0.39 is 0 Å². The molecule has 1 N–H and O–H groups in total. The molecule has 2 aromatic carbocycles. The van der Waals surface area contributed by atoms with E-state index in [1.807, 2.05) is 4.57 Å². The third-order valence-corrected chi connectivity index (χ3v) is 6.18. The van der Waals surface area contributed by atoms with Crippen molar-refractivity contribution in [2.24, 2.45) is 0 Å². The summed E-state index contributed by atoms with van der Waals surface area (Å²) >= 11 is 8.93. The minimum atomic E-state index is -0.110. The van der Waals surface area contributed by atoms with Gasteiger partial charge in [-0.2, -0.15) is 0 Å². The first-order valence-electron chi connectivity index (χ1n) is 8.96. The number of carbonyl (C=O) groups is 1. The molecule has 3 aromatic rings. The van der Waals surface area contributed by atoms with Crippen LogP contribution in [0.15, 0.2) is 71.2 Å². The fourth-order valence-electron chi connectivity index (χ4n) is 2.49. The van der Waals surface area contributed by atoms with Crippen molar-refractivity contribution in [1.29, 1.82) is 0 Å². The van der Waals surface area contributed by atoms with Crippen molar-refractivity contribution in [1.82, 2.24) is 14.8 Å². The molecule has 0 saturated heterocycles. The predicted octanol–water partition coefficient (Wildman–Crippen LogP) is 5.45. The number of anilines is 1. The zero-order valence-corrected chi connectivity index (χ0v) is 18.4. The largest absolute Gasteiger partial charge is 0.325 e. The fraction of sp³-hybridized carbons (Fsp3) is 0.190. The monoisotopic (exact) mass is 444 g/mol. The lowest BCUT2D eigenvalue weighted by atomic mass is 10.2. The summed E-state index contributed by atoms with van der Waals surface area (Å²) in [5, 5.41) is 12.8. The molecular formula is C21H21ClN4OS2. The number of amides is 1. The Morgan fingerprint density at radius 1 is 1.14 bits per heavy atom. The Bertz CT molecular complexity index is 971. The lowest BCUT2D eigenvalue weighted by molar-refractivity contribution is -0.113. The molecule has 0 radical (unpaired) electrons. The smallest absolute Gasteiger partial charge is 0.234 e. The van der Waals surface area contributed by atoms with Gasteiger partial charge >= 0.3 is 0 Å². The van der Waals surface area contributed by atoms with Crippen LogP contribution in [-0.2, 0) is 17.1 Å². The van der Waals surface area contributed by atoms with Gasteiger partial charge in [0.1, 0.15) is 5.82 Å². The molecule has 0 fully saturated rings. The van der Waals surface area contributed by atoms with Crippen LogP contribution in [0.3, 0.4) is 0 Å². The molecule has 1 aromatic heterocycles. The molecule has 0 spiro atoms. The van der Waals surface area contributed by atoms with Gasteiger partial charge in [-0.05, 0) is 43.3 Å². The van der Waals surface area contributed by atoms with Gasteiger partial charge in [-0.15, -0.1) is 28.5 Å².